The zero-order chi connectivity index (χ0) is 60.2. The molecule has 0 unspecified atom stereocenters. The van der Waals surface area contributed by atoms with Gasteiger partial charge in [0.15, 0.2) is 0 Å². The first-order valence-electron chi connectivity index (χ1n) is 26.0. The van der Waals surface area contributed by atoms with Gasteiger partial charge in [-0.25, -0.2) is 14.4 Å². The van der Waals surface area contributed by atoms with Crippen LogP contribution in [0.3, 0.4) is 0 Å². The predicted molar refractivity (Wildman–Crippen MR) is 291 cm³/mol. The molecule has 2 saturated carbocycles. The van der Waals surface area contributed by atoms with Crippen LogP contribution >= 0.6 is 34.6 Å². The third-order valence-electron chi connectivity index (χ3n) is 13.7. The average molecular weight is 1240 g/mol. The quantitative estimate of drug-likeness (QED) is 0.0226. The molecule has 33 heteroatoms. The zero-order valence-corrected chi connectivity index (χ0v) is 46.9. The third kappa shape index (κ3) is 22.1. The lowest BCUT2D eigenvalue weighted by molar-refractivity contribution is -0.384. The number of aliphatic hydroxyl groups is 1. The molecule has 0 atom stereocenters. The standard InChI is InChI=1S/C22H26F4N6O3.C22H27F3N6O4.C4H10F3NS.CH2Cl2/c23-16-12-31(13-16)17-7-5-14(6-8-17)9-27-20-18(32(33)34)11-29-21(30-20)28-10-15-3-1-2-4-19(15)35-22(24,25)26;23-22(24,25)35-19-4-2-1-3-15(19)10-27-21-28-11-18(31(33)34)20(29-21)26-9-14-5-7-16(8-6-14)30-12-17(32)13-30;1-3-8(4-2)9(5,6)7;2-1-3/h1-4,11,14,16-17H,5-10,12-13H2,(H2,27,28,29,30);1-4,11,14,16-17,32H,5-10,12-13H2,(H2,26,27,28,29);3-4H2,1-2H3;1H2. The summed E-state index contributed by atoms with van der Waals surface area (Å²) in [5.74, 6) is 0.0838. The molecule has 20 nitrogen and oxygen atoms in total. The minimum Gasteiger partial charge on any atom is -0.405 e. The molecule has 4 heterocycles. The van der Waals surface area contributed by atoms with Gasteiger partial charge in [0.1, 0.15) is 30.1 Å². The molecule has 5 N–H and O–H groups in total. The van der Waals surface area contributed by atoms with E-state index in [9.17, 15) is 67.7 Å². The maximum Gasteiger partial charge on any atom is 0.573 e. The Morgan fingerprint density at radius 1 is 0.659 bits per heavy atom. The fourth-order valence-corrected chi connectivity index (χ4v) is 10.1. The van der Waals surface area contributed by atoms with Crippen molar-refractivity contribution in [3.63, 3.8) is 0 Å². The van der Waals surface area contributed by atoms with Gasteiger partial charge >= 0.3 is 24.1 Å². The Morgan fingerprint density at radius 2 is 1.02 bits per heavy atom. The number of hydrogen-bond acceptors (Lipinski definition) is 18. The number of β-amino-alcohol motifs (C(OH)–C–C–N with tert-alkyl or cyclic N) is 1. The lowest BCUT2D eigenvalue weighted by Crippen LogP contribution is -2.56. The molecule has 2 aliphatic heterocycles. The highest BCUT2D eigenvalue weighted by Gasteiger charge is 2.37. The van der Waals surface area contributed by atoms with E-state index in [4.69, 9.17) is 23.2 Å². The van der Waals surface area contributed by atoms with Crippen LogP contribution in [-0.4, -0.2) is 144 Å². The Labute approximate surface area is 478 Å². The normalized spacial score (nSPS) is 20.0. The van der Waals surface area contributed by atoms with E-state index in [0.717, 1.165) is 76.8 Å². The molecule has 82 heavy (non-hydrogen) atoms. The number of aromatic nitrogens is 4. The second kappa shape index (κ2) is 31.8. The van der Waals surface area contributed by atoms with Gasteiger partial charge in [0, 0.05) is 88.7 Å². The van der Waals surface area contributed by atoms with Crippen LogP contribution in [0.1, 0.15) is 76.3 Å². The van der Waals surface area contributed by atoms with Crippen molar-refractivity contribution in [2.45, 2.75) is 115 Å². The van der Waals surface area contributed by atoms with Crippen molar-refractivity contribution >= 4 is 69.5 Å². The van der Waals surface area contributed by atoms with Gasteiger partial charge < -0.3 is 35.8 Å². The van der Waals surface area contributed by atoms with E-state index >= 15 is 0 Å². The second-order valence-corrected chi connectivity index (χ2v) is 21.3. The number of aliphatic hydroxyl groups excluding tert-OH is 1. The molecule has 0 amide bonds. The number of rotatable bonds is 21. The van der Waals surface area contributed by atoms with Crippen molar-refractivity contribution in [2.24, 2.45) is 11.8 Å². The first-order valence-corrected chi connectivity index (χ1v) is 28.4. The van der Waals surface area contributed by atoms with Crippen LogP contribution in [0.2, 0.25) is 0 Å². The number of nitrogens with zero attached hydrogens (tertiary/aromatic N) is 9. The van der Waals surface area contributed by atoms with E-state index in [2.05, 4.69) is 60.5 Å². The van der Waals surface area contributed by atoms with E-state index in [0.29, 0.717) is 54.4 Å². The summed E-state index contributed by atoms with van der Waals surface area (Å²) in [5.41, 5.74) is -0.119. The maximum atomic E-state index is 13.1. The predicted octanol–water partition coefficient (Wildman–Crippen LogP) is 12.2. The Balaban J connectivity index is 0.000000251. The molecule has 0 spiro atoms. The molecule has 458 valence electrons. The number of benzene rings is 2. The highest BCUT2D eigenvalue weighted by Crippen LogP contribution is 2.56. The molecule has 8 rings (SSSR count). The summed E-state index contributed by atoms with van der Waals surface area (Å²) < 4.78 is 133. The Morgan fingerprint density at radius 3 is 1.33 bits per heavy atom. The molecule has 2 aromatic carbocycles. The minimum atomic E-state index is -4.93. The van der Waals surface area contributed by atoms with E-state index in [1.165, 1.54) is 50.2 Å². The van der Waals surface area contributed by atoms with Crippen LogP contribution in [0.25, 0.3) is 0 Å². The highest BCUT2D eigenvalue weighted by molar-refractivity contribution is 8.18. The van der Waals surface area contributed by atoms with Gasteiger partial charge in [-0.15, -0.1) is 61.2 Å². The zero-order valence-electron chi connectivity index (χ0n) is 44.5. The van der Waals surface area contributed by atoms with Gasteiger partial charge in [-0.05, 0) is 75.3 Å². The van der Waals surface area contributed by atoms with Gasteiger partial charge in [0.05, 0.1) is 21.3 Å². The Kier molecular flexibility index (Phi) is 26.0. The van der Waals surface area contributed by atoms with Crippen molar-refractivity contribution in [3.05, 3.63) is 92.3 Å². The lowest BCUT2D eigenvalue weighted by Gasteiger charge is -2.44. The number of alkyl halides is 9. The van der Waals surface area contributed by atoms with Crippen LogP contribution in [-0.2, 0) is 13.1 Å². The number of nitrogens with one attached hydrogen (secondary N) is 4. The van der Waals surface area contributed by atoms with Gasteiger partial charge in [-0.3, -0.25) is 30.0 Å². The first-order chi connectivity index (χ1) is 38.8. The SMILES string of the molecule is CCN(CC)S(F)(F)F.ClCCl.O=[N+]([O-])c1cnc(NCc2ccccc2OC(F)(F)F)nc1NCC1CCC(N2CC(F)C2)CC1.O=[N+]([O-])c1cnc(NCc2ccccc2OC(F)(F)F)nc1NCC1CCC(N2CC(O)C2)CC1. The van der Waals surface area contributed by atoms with Gasteiger partial charge in [-0.1, -0.05) is 50.2 Å². The number of para-hydroxylation sites is 2. The van der Waals surface area contributed by atoms with Crippen molar-refractivity contribution < 1.29 is 66.8 Å². The monoisotopic (exact) mass is 1240 g/mol. The third-order valence-corrected chi connectivity index (χ3v) is 14.8. The van der Waals surface area contributed by atoms with Crippen LogP contribution in [0.5, 0.6) is 11.5 Å². The van der Waals surface area contributed by atoms with Crippen LogP contribution < -0.4 is 30.7 Å². The van der Waals surface area contributed by atoms with Crippen molar-refractivity contribution in [1.29, 1.82) is 0 Å². The van der Waals surface area contributed by atoms with Crippen molar-refractivity contribution in [1.82, 2.24) is 34.0 Å². The molecule has 2 aliphatic carbocycles. The van der Waals surface area contributed by atoms with Gasteiger partial charge in [-0.2, -0.15) is 14.3 Å². The summed E-state index contributed by atoms with van der Waals surface area (Å²) in [6, 6.07) is 12.2. The summed E-state index contributed by atoms with van der Waals surface area (Å²) in [6.07, 6.45) is -0.769. The van der Waals surface area contributed by atoms with Crippen molar-refractivity contribution in [2.75, 3.05) is 79.0 Å². The summed E-state index contributed by atoms with van der Waals surface area (Å²) >= 11 is 4.60. The number of ether oxygens (including phenoxy) is 2. The molecule has 4 aromatic rings. The number of halogens is 12. The molecule has 4 fully saturated rings. The van der Waals surface area contributed by atoms with Crippen LogP contribution in [0, 0.1) is 32.1 Å². The van der Waals surface area contributed by atoms with Crippen LogP contribution in [0.15, 0.2) is 60.9 Å². The second-order valence-electron chi connectivity index (χ2n) is 19.3. The molecule has 4 aliphatic rings. The molecule has 0 radical (unpaired) electrons. The van der Waals surface area contributed by atoms with Crippen LogP contribution in [0.4, 0.5) is 77.3 Å². The molecular formula is C49H65Cl2F10N13O7S. The van der Waals surface area contributed by atoms with Gasteiger partial charge in [0.2, 0.25) is 23.5 Å². The molecule has 0 bridgehead atoms. The number of anilines is 4. The summed E-state index contributed by atoms with van der Waals surface area (Å²) in [6.45, 7) is 6.44. The van der Waals surface area contributed by atoms with E-state index in [1.54, 1.807) is 12.1 Å². The summed E-state index contributed by atoms with van der Waals surface area (Å²) in [4.78, 5) is 42.4. The van der Waals surface area contributed by atoms with E-state index in [-0.39, 0.29) is 95.2 Å². The largest absolute Gasteiger partial charge is 0.573 e. The smallest absolute Gasteiger partial charge is 0.405 e. The number of nitro groups is 2. The fourth-order valence-electron chi connectivity index (χ4n) is 9.51. The first kappa shape index (κ1) is 67.1. The minimum absolute atomic E-state index is 0.0298. The molecule has 2 saturated heterocycles. The Hall–Kier alpha value is -5.73. The van der Waals surface area contributed by atoms with Gasteiger partial charge in [0.25, 0.3) is 11.4 Å². The molecule has 2 aromatic heterocycles. The number of likely N-dealkylation sites (tertiary alicyclic amines) is 2. The van der Waals surface area contributed by atoms with E-state index in [1.807, 2.05) is 0 Å². The highest BCUT2D eigenvalue weighted by atomic mass is 35.5. The van der Waals surface area contributed by atoms with E-state index < -0.39 is 40.1 Å². The number of hydrogen-bond donors (Lipinski definition) is 5. The summed E-state index contributed by atoms with van der Waals surface area (Å²) in [5, 5.41) is 44.3. The lowest BCUT2D eigenvalue weighted by atomic mass is 9.84. The maximum absolute atomic E-state index is 13.1. The fraction of sp³-hybridized carbons (Fsp3) is 0.592. The average Bonchev–Trinajstić information content (AvgIpc) is 3.40. The Bertz CT molecular complexity index is 2450. The molecular weight excluding hydrogens is 1180 g/mol. The van der Waals surface area contributed by atoms with Crippen molar-refractivity contribution in [3.8, 4) is 11.5 Å². The summed E-state index contributed by atoms with van der Waals surface area (Å²) in [7, 11) is 0. The topological polar surface area (TPSA) is 234 Å².